The number of amides is 1. The fourth-order valence-electron chi connectivity index (χ4n) is 6.25. The summed E-state index contributed by atoms with van der Waals surface area (Å²) in [5, 5.41) is 13.4. The van der Waals surface area contributed by atoms with Crippen LogP contribution in [0.5, 0.6) is 5.75 Å². The predicted molar refractivity (Wildman–Crippen MR) is 190 cm³/mol. The van der Waals surface area contributed by atoms with Gasteiger partial charge in [0.05, 0.1) is 22.2 Å². The summed E-state index contributed by atoms with van der Waals surface area (Å²) in [5.41, 5.74) is 4.41. The van der Waals surface area contributed by atoms with Crippen molar-refractivity contribution in [3.05, 3.63) is 105 Å². The van der Waals surface area contributed by atoms with Crippen LogP contribution in [0.2, 0.25) is 10.0 Å². The van der Waals surface area contributed by atoms with Crippen LogP contribution in [0.1, 0.15) is 78.3 Å². The zero-order valence-electron chi connectivity index (χ0n) is 26.4. The molecule has 0 saturated heterocycles. The fourth-order valence-corrected chi connectivity index (χ4v) is 6.78. The van der Waals surface area contributed by atoms with Gasteiger partial charge in [-0.2, -0.15) is 0 Å². The quantitative estimate of drug-likeness (QED) is 0.159. The van der Waals surface area contributed by atoms with Crippen LogP contribution in [-0.4, -0.2) is 32.6 Å². The van der Waals surface area contributed by atoms with E-state index in [0.717, 1.165) is 48.7 Å². The number of carboxylic acids is 1. The van der Waals surface area contributed by atoms with Crippen LogP contribution >= 0.6 is 35.6 Å². The zero-order chi connectivity index (χ0) is 33.2. The number of rotatable bonds is 9. The Morgan fingerprint density at radius 2 is 1.62 bits per heavy atom. The Bertz CT molecular complexity index is 1970. The second-order valence-corrected chi connectivity index (χ2v) is 13.1. The van der Waals surface area contributed by atoms with E-state index in [2.05, 4.69) is 9.88 Å². The molecule has 0 atom stereocenters. The van der Waals surface area contributed by atoms with Crippen molar-refractivity contribution in [2.75, 3.05) is 0 Å². The molecule has 7 nitrogen and oxygen atoms in total. The van der Waals surface area contributed by atoms with Crippen LogP contribution < -0.4 is 10.1 Å². The molecule has 5 aromatic rings. The number of carbonyl (C=O) groups excluding carboxylic acids is 1. The minimum atomic E-state index is -1.04. The average molecular weight is 711 g/mol. The van der Waals surface area contributed by atoms with Crippen molar-refractivity contribution in [2.45, 2.75) is 64.6 Å². The third-order valence-corrected chi connectivity index (χ3v) is 8.85. The summed E-state index contributed by atoms with van der Waals surface area (Å²) >= 11 is 12.6. The molecule has 0 bridgehead atoms. The Morgan fingerprint density at radius 3 is 2.29 bits per heavy atom. The van der Waals surface area contributed by atoms with Crippen LogP contribution in [-0.2, 0) is 6.61 Å². The van der Waals surface area contributed by atoms with Crippen molar-refractivity contribution >= 4 is 58.5 Å². The highest BCUT2D eigenvalue weighted by Gasteiger charge is 2.25. The molecule has 0 radical (unpaired) electrons. The molecule has 6 rings (SSSR count). The van der Waals surface area contributed by atoms with Gasteiger partial charge in [-0.25, -0.2) is 14.2 Å². The molecule has 1 aromatic heterocycles. The highest BCUT2D eigenvalue weighted by Crippen LogP contribution is 2.38. The summed E-state index contributed by atoms with van der Waals surface area (Å²) in [5.74, 6) is -1.01. The Labute approximate surface area is 294 Å². The lowest BCUT2D eigenvalue weighted by atomic mass is 9.94. The Morgan fingerprint density at radius 1 is 0.938 bits per heavy atom. The molecule has 250 valence electrons. The van der Waals surface area contributed by atoms with E-state index >= 15 is 4.39 Å². The van der Waals surface area contributed by atoms with E-state index < -0.39 is 11.8 Å². The largest absolute Gasteiger partial charge is 0.489 e. The van der Waals surface area contributed by atoms with Crippen molar-refractivity contribution in [2.24, 2.45) is 0 Å². The lowest BCUT2D eigenvalue weighted by Crippen LogP contribution is -2.30. The number of nitrogens with one attached hydrogen (secondary N) is 1. The maximum absolute atomic E-state index is 16.0. The first-order valence-corrected chi connectivity index (χ1v) is 16.4. The van der Waals surface area contributed by atoms with Crippen LogP contribution in [0, 0.1) is 5.82 Å². The maximum atomic E-state index is 16.0. The topological polar surface area (TPSA) is 93.4 Å². The molecule has 48 heavy (non-hydrogen) atoms. The summed E-state index contributed by atoms with van der Waals surface area (Å²) in [7, 11) is 0. The van der Waals surface area contributed by atoms with E-state index in [1.165, 1.54) is 12.1 Å². The Balaban J connectivity index is 0.00000451. The number of aromatic carboxylic acids is 1. The predicted octanol–water partition coefficient (Wildman–Crippen LogP) is 10.2. The molecular weight excluding hydrogens is 676 g/mol. The maximum Gasteiger partial charge on any atom is 0.335 e. The first-order valence-electron chi connectivity index (χ1n) is 15.7. The van der Waals surface area contributed by atoms with Crippen molar-refractivity contribution < 1.29 is 23.8 Å². The molecule has 1 saturated carbocycles. The first-order chi connectivity index (χ1) is 22.6. The van der Waals surface area contributed by atoms with Crippen LogP contribution in [0.15, 0.2) is 72.8 Å². The monoisotopic (exact) mass is 709 g/mol. The number of benzene rings is 4. The van der Waals surface area contributed by atoms with Crippen molar-refractivity contribution in [1.29, 1.82) is 0 Å². The summed E-state index contributed by atoms with van der Waals surface area (Å²) in [6, 6.07) is 20.1. The number of imidazole rings is 1. The van der Waals surface area contributed by atoms with E-state index in [-0.39, 0.29) is 42.6 Å². The summed E-state index contributed by atoms with van der Waals surface area (Å²) < 4.78 is 24.1. The van der Waals surface area contributed by atoms with Gasteiger partial charge in [0.25, 0.3) is 5.91 Å². The van der Waals surface area contributed by atoms with Gasteiger partial charge in [-0.05, 0) is 104 Å². The minimum Gasteiger partial charge on any atom is -0.489 e. The van der Waals surface area contributed by atoms with Gasteiger partial charge >= 0.3 is 5.97 Å². The third-order valence-electron chi connectivity index (χ3n) is 8.41. The van der Waals surface area contributed by atoms with E-state index in [1.54, 1.807) is 54.6 Å². The molecule has 2 N–H and O–H groups in total. The van der Waals surface area contributed by atoms with Gasteiger partial charge in [-0.15, -0.1) is 12.4 Å². The molecule has 1 fully saturated rings. The minimum absolute atomic E-state index is 0. The van der Waals surface area contributed by atoms with Gasteiger partial charge in [0.2, 0.25) is 0 Å². The van der Waals surface area contributed by atoms with Gasteiger partial charge in [0.15, 0.2) is 0 Å². The zero-order valence-corrected chi connectivity index (χ0v) is 28.8. The number of carbonyl (C=O) groups is 2. The van der Waals surface area contributed by atoms with Crippen LogP contribution in [0.25, 0.3) is 33.5 Å². The normalized spacial score (nSPS) is 13.4. The molecule has 1 aliphatic carbocycles. The summed E-state index contributed by atoms with van der Waals surface area (Å²) in [4.78, 5) is 29.2. The number of carboxylic acid groups (broad SMARTS) is 1. The fraction of sp³-hybridized carbons (Fsp3) is 0.270. The van der Waals surface area contributed by atoms with Gasteiger partial charge in [0, 0.05) is 33.8 Å². The number of halogens is 4. The second kappa shape index (κ2) is 15.0. The highest BCUT2D eigenvalue weighted by atomic mass is 35.5. The van der Waals surface area contributed by atoms with Gasteiger partial charge < -0.3 is 19.7 Å². The molecule has 11 heteroatoms. The van der Waals surface area contributed by atoms with E-state index in [4.69, 9.17) is 32.9 Å². The number of hydrogen-bond donors (Lipinski definition) is 2. The van der Waals surface area contributed by atoms with Gasteiger partial charge in [0.1, 0.15) is 24.0 Å². The number of fused-ring (bicyclic) bond motifs is 1. The van der Waals surface area contributed by atoms with Crippen molar-refractivity contribution in [3.8, 4) is 28.3 Å². The standard InChI is InChI=1S/C37H34Cl2FN3O4.ClH/c1-21(2)41-36(44)22-8-11-30(24-15-26(38)18-27(39)16-24)25(14-22)20-47-29-10-12-31(32(40)19-29)35-42-33-17-23(37(45)46)9-13-34(33)43(35)28-6-4-3-5-7-28;/h8-19,21,28H,3-7,20H2,1-2H3,(H,41,44)(H,45,46);1H. The molecule has 0 unspecified atom stereocenters. The number of aromatic nitrogens is 2. The number of hydrogen-bond acceptors (Lipinski definition) is 4. The average Bonchev–Trinajstić information content (AvgIpc) is 3.42. The SMILES string of the molecule is CC(C)NC(=O)c1ccc(-c2cc(Cl)cc(Cl)c2)c(COc2ccc(-c3nc4cc(C(=O)O)ccc4n3C3CCCCC3)c(F)c2)c1.Cl. The number of ether oxygens (including phenoxy) is 1. The molecular formula is C37H35Cl3FN3O4. The van der Waals surface area contributed by atoms with E-state index in [1.807, 2.05) is 19.9 Å². The van der Waals surface area contributed by atoms with E-state index in [0.29, 0.717) is 43.8 Å². The highest BCUT2D eigenvalue weighted by molar-refractivity contribution is 6.35. The lowest BCUT2D eigenvalue weighted by molar-refractivity contribution is 0.0696. The van der Waals surface area contributed by atoms with E-state index in [9.17, 15) is 14.7 Å². The van der Waals surface area contributed by atoms with Crippen molar-refractivity contribution in [3.63, 3.8) is 0 Å². The van der Waals surface area contributed by atoms with Crippen LogP contribution in [0.4, 0.5) is 4.39 Å². The molecule has 1 heterocycles. The molecule has 1 aliphatic rings. The lowest BCUT2D eigenvalue weighted by Gasteiger charge is -2.25. The van der Waals surface area contributed by atoms with Crippen LogP contribution in [0.3, 0.4) is 0 Å². The molecule has 4 aromatic carbocycles. The molecule has 0 aliphatic heterocycles. The molecule has 0 spiro atoms. The number of nitrogens with zero attached hydrogens (tertiary/aromatic N) is 2. The smallest absolute Gasteiger partial charge is 0.335 e. The second-order valence-electron chi connectivity index (χ2n) is 12.2. The Kier molecular flexibility index (Phi) is 11.0. The summed E-state index contributed by atoms with van der Waals surface area (Å²) in [6.45, 7) is 3.82. The molecule has 1 amide bonds. The summed E-state index contributed by atoms with van der Waals surface area (Å²) in [6.07, 6.45) is 5.16. The van der Waals surface area contributed by atoms with Gasteiger partial charge in [-0.1, -0.05) is 48.5 Å². The Hall–Kier alpha value is -4.11. The van der Waals surface area contributed by atoms with Crippen molar-refractivity contribution in [1.82, 2.24) is 14.9 Å². The van der Waals surface area contributed by atoms with Gasteiger partial charge in [-0.3, -0.25) is 4.79 Å². The first kappa shape index (κ1) is 35.2. The third kappa shape index (κ3) is 7.62.